The molecule has 0 aliphatic rings. The van der Waals surface area contributed by atoms with E-state index in [1.165, 1.54) is 0 Å². The molecule has 0 heterocycles. The van der Waals surface area contributed by atoms with Crippen molar-refractivity contribution in [2.45, 2.75) is 13.8 Å². The van der Waals surface area contributed by atoms with E-state index in [2.05, 4.69) is 5.32 Å². The standard InChI is InChI=1S/C17H19ClN2O3S/c1-12-4-5-13(2)16(10-12)19-17(21)11-20(24(3,22)23)15-8-6-14(18)7-9-15/h4-10H,11H2,1-3H3,(H,19,21). The van der Waals surface area contributed by atoms with Gasteiger partial charge in [0.2, 0.25) is 15.9 Å². The lowest BCUT2D eigenvalue weighted by Crippen LogP contribution is -2.37. The Hall–Kier alpha value is -2.05. The minimum absolute atomic E-state index is 0.312. The van der Waals surface area contributed by atoms with Crippen LogP contribution in [0.25, 0.3) is 0 Å². The number of aryl methyl sites for hydroxylation is 2. The van der Waals surface area contributed by atoms with Crippen LogP contribution in [0.1, 0.15) is 11.1 Å². The average molecular weight is 367 g/mol. The van der Waals surface area contributed by atoms with E-state index in [1.54, 1.807) is 24.3 Å². The van der Waals surface area contributed by atoms with Gasteiger partial charge in [-0.05, 0) is 55.3 Å². The molecule has 0 saturated heterocycles. The van der Waals surface area contributed by atoms with Gasteiger partial charge in [-0.3, -0.25) is 9.10 Å². The number of hydrogen-bond donors (Lipinski definition) is 1. The van der Waals surface area contributed by atoms with Crippen LogP contribution in [0.15, 0.2) is 42.5 Å². The molecule has 0 aromatic heterocycles. The quantitative estimate of drug-likeness (QED) is 0.882. The SMILES string of the molecule is Cc1ccc(C)c(NC(=O)CN(c2ccc(Cl)cc2)S(C)(=O)=O)c1. The summed E-state index contributed by atoms with van der Waals surface area (Å²) in [6, 6.07) is 12.0. The third kappa shape index (κ3) is 4.72. The summed E-state index contributed by atoms with van der Waals surface area (Å²) in [6.07, 6.45) is 1.06. The minimum atomic E-state index is -3.61. The fourth-order valence-corrected chi connectivity index (χ4v) is 3.18. The van der Waals surface area contributed by atoms with E-state index >= 15 is 0 Å². The largest absolute Gasteiger partial charge is 0.324 e. The molecule has 0 aliphatic heterocycles. The smallest absolute Gasteiger partial charge is 0.245 e. The number of anilines is 2. The molecule has 2 rings (SSSR count). The minimum Gasteiger partial charge on any atom is -0.324 e. The van der Waals surface area contributed by atoms with Crippen LogP contribution in [0, 0.1) is 13.8 Å². The first kappa shape index (κ1) is 18.3. The maximum atomic E-state index is 12.3. The van der Waals surface area contributed by atoms with Gasteiger partial charge < -0.3 is 5.32 Å². The van der Waals surface area contributed by atoms with Crippen LogP contribution in [0.2, 0.25) is 5.02 Å². The molecule has 0 bridgehead atoms. The van der Waals surface area contributed by atoms with Gasteiger partial charge in [-0.2, -0.15) is 0 Å². The maximum absolute atomic E-state index is 12.3. The summed E-state index contributed by atoms with van der Waals surface area (Å²) in [7, 11) is -3.61. The lowest BCUT2D eigenvalue weighted by atomic mass is 10.1. The summed E-state index contributed by atoms with van der Waals surface area (Å²) in [6.45, 7) is 3.49. The van der Waals surface area contributed by atoms with E-state index in [0.29, 0.717) is 16.4 Å². The second-order valence-corrected chi connectivity index (χ2v) is 7.96. The monoisotopic (exact) mass is 366 g/mol. The summed E-state index contributed by atoms with van der Waals surface area (Å²) in [5, 5.41) is 3.26. The van der Waals surface area contributed by atoms with E-state index in [9.17, 15) is 13.2 Å². The number of benzene rings is 2. The maximum Gasteiger partial charge on any atom is 0.245 e. The van der Waals surface area contributed by atoms with Crippen LogP contribution in [0.4, 0.5) is 11.4 Å². The van der Waals surface area contributed by atoms with Crippen molar-refractivity contribution in [1.82, 2.24) is 0 Å². The van der Waals surface area contributed by atoms with Crippen molar-refractivity contribution in [3.05, 3.63) is 58.6 Å². The molecule has 0 atom stereocenters. The third-order valence-corrected chi connectivity index (χ3v) is 4.86. The van der Waals surface area contributed by atoms with Crippen LogP contribution >= 0.6 is 11.6 Å². The highest BCUT2D eigenvalue weighted by Crippen LogP contribution is 2.21. The number of amides is 1. The van der Waals surface area contributed by atoms with Crippen molar-refractivity contribution >= 4 is 38.9 Å². The molecule has 5 nitrogen and oxygen atoms in total. The van der Waals surface area contributed by atoms with Gasteiger partial charge in [0.25, 0.3) is 0 Å². The second-order valence-electron chi connectivity index (χ2n) is 5.61. The predicted molar refractivity (Wildman–Crippen MR) is 98.2 cm³/mol. The molecule has 0 radical (unpaired) electrons. The number of hydrogen-bond acceptors (Lipinski definition) is 3. The van der Waals surface area contributed by atoms with Crippen molar-refractivity contribution in [1.29, 1.82) is 0 Å². The Bertz CT molecular complexity index is 849. The van der Waals surface area contributed by atoms with E-state index in [4.69, 9.17) is 11.6 Å². The number of sulfonamides is 1. The highest BCUT2D eigenvalue weighted by Gasteiger charge is 2.21. The van der Waals surface area contributed by atoms with Gasteiger partial charge in [0.1, 0.15) is 6.54 Å². The van der Waals surface area contributed by atoms with Crippen molar-refractivity contribution in [3.63, 3.8) is 0 Å². The van der Waals surface area contributed by atoms with Crippen molar-refractivity contribution in [2.75, 3.05) is 22.4 Å². The summed E-state index contributed by atoms with van der Waals surface area (Å²) in [5.41, 5.74) is 2.97. The molecular formula is C17H19ClN2O3S. The molecule has 7 heteroatoms. The van der Waals surface area contributed by atoms with Crippen molar-refractivity contribution in [2.24, 2.45) is 0 Å². The molecule has 0 spiro atoms. The van der Waals surface area contributed by atoms with Gasteiger partial charge in [-0.25, -0.2) is 8.42 Å². The number of nitrogens with one attached hydrogen (secondary N) is 1. The van der Waals surface area contributed by atoms with Crippen molar-refractivity contribution < 1.29 is 13.2 Å². The van der Waals surface area contributed by atoms with Crippen LogP contribution in [-0.2, 0) is 14.8 Å². The zero-order chi connectivity index (χ0) is 17.9. The van der Waals surface area contributed by atoms with Gasteiger partial charge in [-0.1, -0.05) is 23.7 Å². The molecule has 1 N–H and O–H groups in total. The van der Waals surface area contributed by atoms with Crippen LogP contribution in [-0.4, -0.2) is 27.1 Å². The zero-order valence-electron chi connectivity index (χ0n) is 13.7. The number of nitrogens with zero attached hydrogens (tertiary/aromatic N) is 1. The molecule has 0 fully saturated rings. The lowest BCUT2D eigenvalue weighted by molar-refractivity contribution is -0.114. The van der Waals surface area contributed by atoms with Gasteiger partial charge in [0.05, 0.1) is 11.9 Å². The van der Waals surface area contributed by atoms with E-state index < -0.39 is 15.9 Å². The molecule has 0 saturated carbocycles. The number of halogens is 1. The Kier molecular flexibility index (Phi) is 5.51. The van der Waals surface area contributed by atoms with Gasteiger partial charge in [0, 0.05) is 10.7 Å². The Labute approximate surface area is 147 Å². The molecule has 0 aliphatic carbocycles. The normalized spacial score (nSPS) is 11.2. The highest BCUT2D eigenvalue weighted by molar-refractivity contribution is 7.92. The van der Waals surface area contributed by atoms with Crippen LogP contribution in [0.5, 0.6) is 0 Å². The van der Waals surface area contributed by atoms with Crippen molar-refractivity contribution in [3.8, 4) is 0 Å². The zero-order valence-corrected chi connectivity index (χ0v) is 15.3. The van der Waals surface area contributed by atoms with Gasteiger partial charge in [0.15, 0.2) is 0 Å². The average Bonchev–Trinajstić information content (AvgIpc) is 2.48. The fraction of sp³-hybridized carbons (Fsp3) is 0.235. The molecule has 2 aromatic carbocycles. The summed E-state index contributed by atoms with van der Waals surface area (Å²) in [4.78, 5) is 12.3. The highest BCUT2D eigenvalue weighted by atomic mass is 35.5. The molecule has 2 aromatic rings. The Balaban J connectivity index is 2.22. The first-order chi connectivity index (χ1) is 11.2. The molecular weight excluding hydrogens is 348 g/mol. The first-order valence-electron chi connectivity index (χ1n) is 7.27. The summed E-state index contributed by atoms with van der Waals surface area (Å²) in [5.74, 6) is -0.413. The third-order valence-electron chi connectivity index (χ3n) is 3.47. The molecule has 0 unspecified atom stereocenters. The second kappa shape index (κ2) is 7.23. The van der Waals surface area contributed by atoms with E-state index in [-0.39, 0.29) is 6.54 Å². The molecule has 128 valence electrons. The summed E-state index contributed by atoms with van der Waals surface area (Å²) < 4.78 is 25.1. The van der Waals surface area contributed by atoms with E-state index in [1.807, 2.05) is 32.0 Å². The van der Waals surface area contributed by atoms with Gasteiger partial charge >= 0.3 is 0 Å². The Morgan fingerprint density at radius 3 is 2.33 bits per heavy atom. The number of rotatable bonds is 5. The topological polar surface area (TPSA) is 66.5 Å². The number of carbonyl (C=O) groups excluding carboxylic acids is 1. The van der Waals surface area contributed by atoms with Crippen LogP contribution in [0.3, 0.4) is 0 Å². The molecule has 24 heavy (non-hydrogen) atoms. The lowest BCUT2D eigenvalue weighted by Gasteiger charge is -2.22. The Morgan fingerprint density at radius 1 is 1.12 bits per heavy atom. The van der Waals surface area contributed by atoms with Crippen LogP contribution < -0.4 is 9.62 Å². The number of carbonyl (C=O) groups is 1. The van der Waals surface area contributed by atoms with E-state index in [0.717, 1.165) is 21.7 Å². The predicted octanol–water partition coefficient (Wildman–Crippen LogP) is 3.36. The fourth-order valence-electron chi connectivity index (χ4n) is 2.20. The summed E-state index contributed by atoms with van der Waals surface area (Å²) >= 11 is 5.83. The molecule has 1 amide bonds. The van der Waals surface area contributed by atoms with Gasteiger partial charge in [-0.15, -0.1) is 0 Å². The first-order valence-corrected chi connectivity index (χ1v) is 9.50. The Morgan fingerprint density at radius 2 is 1.75 bits per heavy atom.